The number of hydrogen-bond acceptors (Lipinski definition) is 3. The fraction of sp³-hybridized carbons (Fsp3) is 0.0455. The fourth-order valence-electron chi connectivity index (χ4n) is 2.47. The van der Waals surface area contributed by atoms with Crippen LogP contribution in [0.3, 0.4) is 0 Å². The second kappa shape index (κ2) is 8.92. The van der Waals surface area contributed by atoms with Gasteiger partial charge in [0.2, 0.25) is 0 Å². The molecule has 134 valence electrons. The number of carbonyl (C=O) groups is 2. The van der Waals surface area contributed by atoms with Gasteiger partial charge in [0.15, 0.2) is 5.78 Å². The Hall–Kier alpha value is -3.24. The lowest BCUT2D eigenvalue weighted by atomic mass is 10.1. The Labute approximate surface area is 162 Å². The smallest absolute Gasteiger partial charge is 0.275 e. The Kier molecular flexibility index (Phi) is 6.13. The van der Waals surface area contributed by atoms with Crippen molar-refractivity contribution in [2.45, 2.75) is 0 Å². The van der Waals surface area contributed by atoms with Crippen LogP contribution in [0.25, 0.3) is 0 Å². The molecule has 0 atom stereocenters. The van der Waals surface area contributed by atoms with E-state index in [9.17, 15) is 9.59 Å². The molecule has 0 spiro atoms. The first kappa shape index (κ1) is 18.5. The standard InChI is InChI=1S/C22H17ClN2O2/c23-20-14-8-7-13-19(20)22(27)25(24-15-17-9-3-1-4-10-17)16-21(26)18-11-5-2-6-12-18/h1-15H,16H2/b24-15-. The molecule has 4 nitrogen and oxygen atoms in total. The summed E-state index contributed by atoms with van der Waals surface area (Å²) in [6.07, 6.45) is 1.55. The maximum Gasteiger partial charge on any atom is 0.275 e. The number of hydrazone groups is 1. The molecular formula is C22H17ClN2O2. The van der Waals surface area contributed by atoms with Crippen LogP contribution in [0.2, 0.25) is 5.02 Å². The first-order valence-corrected chi connectivity index (χ1v) is 8.76. The molecule has 5 heteroatoms. The summed E-state index contributed by atoms with van der Waals surface area (Å²) in [6.45, 7) is -0.183. The van der Waals surface area contributed by atoms with E-state index in [-0.39, 0.29) is 12.3 Å². The van der Waals surface area contributed by atoms with Crippen molar-refractivity contribution in [2.24, 2.45) is 5.10 Å². The molecule has 0 radical (unpaired) electrons. The predicted octanol–water partition coefficient (Wildman–Crippen LogP) is 4.70. The number of nitrogens with zero attached hydrogens (tertiary/aromatic N) is 2. The second-order valence-corrected chi connectivity index (χ2v) is 6.19. The van der Waals surface area contributed by atoms with E-state index in [1.54, 1.807) is 54.7 Å². The van der Waals surface area contributed by atoms with Gasteiger partial charge in [0.05, 0.1) is 16.8 Å². The van der Waals surface area contributed by atoms with Crippen molar-refractivity contribution in [2.75, 3.05) is 6.54 Å². The normalized spacial score (nSPS) is 10.7. The largest absolute Gasteiger partial charge is 0.292 e. The Balaban J connectivity index is 1.88. The topological polar surface area (TPSA) is 49.7 Å². The van der Waals surface area contributed by atoms with Gasteiger partial charge in [0.1, 0.15) is 6.54 Å². The molecule has 1 amide bonds. The van der Waals surface area contributed by atoms with Gasteiger partial charge in [-0.25, -0.2) is 5.01 Å². The third-order valence-electron chi connectivity index (χ3n) is 3.87. The van der Waals surface area contributed by atoms with Crippen molar-refractivity contribution < 1.29 is 9.59 Å². The highest BCUT2D eigenvalue weighted by atomic mass is 35.5. The number of carbonyl (C=O) groups excluding carboxylic acids is 2. The minimum Gasteiger partial charge on any atom is -0.292 e. The van der Waals surface area contributed by atoms with E-state index in [0.29, 0.717) is 16.1 Å². The number of halogens is 1. The zero-order chi connectivity index (χ0) is 19.1. The van der Waals surface area contributed by atoms with E-state index in [1.165, 1.54) is 0 Å². The molecule has 3 aromatic carbocycles. The molecule has 0 unspecified atom stereocenters. The number of hydrogen-bond donors (Lipinski definition) is 0. The first-order chi connectivity index (χ1) is 13.1. The summed E-state index contributed by atoms with van der Waals surface area (Å²) in [7, 11) is 0. The van der Waals surface area contributed by atoms with Crippen molar-refractivity contribution in [3.05, 3.63) is 107 Å². The van der Waals surface area contributed by atoms with Crippen LogP contribution in [0.1, 0.15) is 26.3 Å². The predicted molar refractivity (Wildman–Crippen MR) is 107 cm³/mol. The summed E-state index contributed by atoms with van der Waals surface area (Å²) in [5, 5.41) is 5.71. The Morgan fingerprint density at radius 3 is 2.11 bits per heavy atom. The summed E-state index contributed by atoms with van der Waals surface area (Å²) in [5.74, 6) is -0.640. The van der Waals surface area contributed by atoms with Crippen LogP contribution < -0.4 is 0 Å². The summed E-state index contributed by atoms with van der Waals surface area (Å²) in [6, 6.07) is 24.9. The number of rotatable bonds is 6. The third kappa shape index (κ3) is 4.90. The molecule has 0 saturated heterocycles. The Bertz CT molecular complexity index is 956. The number of Topliss-reactive ketones (excluding diaryl/α,β-unsaturated/α-hetero) is 1. The van der Waals surface area contributed by atoms with Gasteiger partial charge in [-0.2, -0.15) is 5.10 Å². The molecule has 0 saturated carbocycles. The van der Waals surface area contributed by atoms with Crippen molar-refractivity contribution in [3.8, 4) is 0 Å². The molecule has 0 fully saturated rings. The van der Waals surface area contributed by atoms with Gasteiger partial charge in [-0.1, -0.05) is 84.4 Å². The van der Waals surface area contributed by atoms with E-state index in [0.717, 1.165) is 10.6 Å². The average Bonchev–Trinajstić information content (AvgIpc) is 2.72. The van der Waals surface area contributed by atoms with Gasteiger partial charge in [-0.15, -0.1) is 0 Å². The number of benzene rings is 3. The zero-order valence-electron chi connectivity index (χ0n) is 14.5. The van der Waals surface area contributed by atoms with Crippen LogP contribution in [0, 0.1) is 0 Å². The summed E-state index contributed by atoms with van der Waals surface area (Å²) >= 11 is 6.15. The van der Waals surface area contributed by atoms with Crippen molar-refractivity contribution in [3.63, 3.8) is 0 Å². The van der Waals surface area contributed by atoms with Crippen molar-refractivity contribution in [1.82, 2.24) is 5.01 Å². The quantitative estimate of drug-likeness (QED) is 0.355. The van der Waals surface area contributed by atoms with E-state index >= 15 is 0 Å². The minimum absolute atomic E-state index is 0.183. The summed E-state index contributed by atoms with van der Waals surface area (Å²) in [5.41, 5.74) is 1.64. The van der Waals surface area contributed by atoms with Crippen LogP contribution >= 0.6 is 11.6 Å². The Morgan fingerprint density at radius 1 is 0.852 bits per heavy atom. The van der Waals surface area contributed by atoms with Gasteiger partial charge < -0.3 is 0 Å². The maximum atomic E-state index is 12.9. The van der Waals surface area contributed by atoms with Gasteiger partial charge in [0, 0.05) is 5.56 Å². The van der Waals surface area contributed by atoms with Crippen LogP contribution in [-0.2, 0) is 0 Å². The first-order valence-electron chi connectivity index (χ1n) is 8.39. The molecular weight excluding hydrogens is 360 g/mol. The van der Waals surface area contributed by atoms with Gasteiger partial charge in [-0.3, -0.25) is 9.59 Å². The van der Waals surface area contributed by atoms with E-state index in [1.807, 2.05) is 36.4 Å². The lowest BCUT2D eigenvalue weighted by Crippen LogP contribution is -2.32. The van der Waals surface area contributed by atoms with Crippen LogP contribution in [0.4, 0.5) is 0 Å². The molecule has 3 aromatic rings. The molecule has 0 aromatic heterocycles. The molecule has 0 heterocycles. The number of amides is 1. The molecule has 0 aliphatic rings. The molecule has 3 rings (SSSR count). The monoisotopic (exact) mass is 376 g/mol. The third-order valence-corrected chi connectivity index (χ3v) is 4.20. The van der Waals surface area contributed by atoms with Gasteiger partial charge >= 0.3 is 0 Å². The zero-order valence-corrected chi connectivity index (χ0v) is 15.2. The lowest BCUT2D eigenvalue weighted by Gasteiger charge is -2.17. The van der Waals surface area contributed by atoms with Crippen molar-refractivity contribution in [1.29, 1.82) is 0 Å². The SMILES string of the molecule is O=C(CN(/N=C\c1ccccc1)C(=O)c1ccccc1Cl)c1ccccc1. The average molecular weight is 377 g/mol. The summed E-state index contributed by atoms with van der Waals surface area (Å²) < 4.78 is 0. The minimum atomic E-state index is -0.433. The van der Waals surface area contributed by atoms with Gasteiger partial charge in [0.25, 0.3) is 5.91 Å². The fourth-order valence-corrected chi connectivity index (χ4v) is 2.68. The molecule has 27 heavy (non-hydrogen) atoms. The Morgan fingerprint density at radius 2 is 1.44 bits per heavy atom. The molecule has 0 aliphatic carbocycles. The molecule has 0 N–H and O–H groups in total. The summed E-state index contributed by atoms with van der Waals surface area (Å²) in [4.78, 5) is 25.5. The van der Waals surface area contributed by atoms with Crippen LogP contribution in [-0.4, -0.2) is 29.5 Å². The van der Waals surface area contributed by atoms with E-state index < -0.39 is 5.91 Å². The maximum absolute atomic E-state index is 12.9. The molecule has 0 bridgehead atoms. The molecule has 0 aliphatic heterocycles. The number of ketones is 1. The lowest BCUT2D eigenvalue weighted by molar-refractivity contribution is 0.0715. The highest BCUT2D eigenvalue weighted by Crippen LogP contribution is 2.18. The highest BCUT2D eigenvalue weighted by Gasteiger charge is 2.21. The van der Waals surface area contributed by atoms with E-state index in [2.05, 4.69) is 5.10 Å². The van der Waals surface area contributed by atoms with Crippen LogP contribution in [0.15, 0.2) is 90.0 Å². The second-order valence-electron chi connectivity index (χ2n) is 5.79. The van der Waals surface area contributed by atoms with E-state index in [4.69, 9.17) is 11.6 Å². The highest BCUT2D eigenvalue weighted by molar-refractivity contribution is 6.33. The van der Waals surface area contributed by atoms with Crippen molar-refractivity contribution >= 4 is 29.5 Å². The van der Waals surface area contributed by atoms with Gasteiger partial charge in [-0.05, 0) is 17.7 Å². The van der Waals surface area contributed by atoms with Crippen LogP contribution in [0.5, 0.6) is 0 Å².